The van der Waals surface area contributed by atoms with Crippen LogP contribution in [0.15, 0.2) is 24.3 Å². The predicted octanol–water partition coefficient (Wildman–Crippen LogP) is 1.90. The van der Waals surface area contributed by atoms with Gasteiger partial charge in [-0.05, 0) is 31.5 Å². The van der Waals surface area contributed by atoms with E-state index in [9.17, 15) is 13.2 Å². The molecule has 0 saturated carbocycles. The van der Waals surface area contributed by atoms with Gasteiger partial charge in [0.2, 0.25) is 0 Å². The van der Waals surface area contributed by atoms with Crippen molar-refractivity contribution in [1.82, 2.24) is 0 Å². The van der Waals surface area contributed by atoms with E-state index in [1.165, 1.54) is 0 Å². The van der Waals surface area contributed by atoms with Gasteiger partial charge in [-0.3, -0.25) is 4.18 Å². The Balaban J connectivity index is 2.79. The molecule has 5 nitrogen and oxygen atoms in total. The lowest BCUT2D eigenvalue weighted by molar-refractivity contribution is 0.0526. The second-order valence-corrected chi connectivity index (χ2v) is 5.39. The fraction of sp³-hybridized carbons (Fsp3) is 0.417. The topological polar surface area (TPSA) is 69.7 Å². The minimum Gasteiger partial charge on any atom is -0.462 e. The van der Waals surface area contributed by atoms with Crippen molar-refractivity contribution in [1.29, 1.82) is 0 Å². The van der Waals surface area contributed by atoms with Crippen molar-refractivity contribution in [2.45, 2.75) is 20.0 Å². The van der Waals surface area contributed by atoms with E-state index in [2.05, 4.69) is 0 Å². The minimum absolute atomic E-state index is 0.314. The van der Waals surface area contributed by atoms with E-state index in [4.69, 9.17) is 8.92 Å². The monoisotopic (exact) mass is 272 g/mol. The molecule has 1 rings (SSSR count). The maximum absolute atomic E-state index is 11.4. The third-order valence-electron chi connectivity index (χ3n) is 2.21. The normalized spacial score (nSPS) is 13.1. The maximum Gasteiger partial charge on any atom is 0.338 e. The largest absolute Gasteiger partial charge is 0.462 e. The van der Waals surface area contributed by atoms with E-state index in [-0.39, 0.29) is 0 Å². The zero-order chi connectivity index (χ0) is 13.8. The molecular weight excluding hydrogens is 256 g/mol. The molecule has 100 valence electrons. The standard InChI is InChI=1S/C12H16O5S/c1-4-16-12(13)11-7-5-10(6-8-11)9(2)17-18(3,14)15/h5-9H,4H2,1-3H3. The van der Waals surface area contributed by atoms with Crippen LogP contribution in [0.2, 0.25) is 0 Å². The van der Waals surface area contributed by atoms with E-state index in [0.717, 1.165) is 6.26 Å². The molecule has 0 saturated heterocycles. The lowest BCUT2D eigenvalue weighted by Crippen LogP contribution is -2.08. The number of hydrogen-bond acceptors (Lipinski definition) is 5. The highest BCUT2D eigenvalue weighted by Crippen LogP contribution is 2.19. The Hall–Kier alpha value is -1.40. The number of benzene rings is 1. The molecule has 1 atom stereocenters. The molecular formula is C12H16O5S. The molecule has 0 spiro atoms. The van der Waals surface area contributed by atoms with Crippen molar-refractivity contribution in [3.8, 4) is 0 Å². The number of carbonyl (C=O) groups is 1. The number of carbonyl (C=O) groups excluding carboxylic acids is 1. The highest BCUT2D eigenvalue weighted by molar-refractivity contribution is 7.86. The van der Waals surface area contributed by atoms with Crippen LogP contribution in [0.4, 0.5) is 0 Å². The molecule has 0 aliphatic carbocycles. The zero-order valence-electron chi connectivity index (χ0n) is 10.5. The van der Waals surface area contributed by atoms with E-state index in [1.807, 2.05) is 0 Å². The summed E-state index contributed by atoms with van der Waals surface area (Å²) in [7, 11) is -3.50. The molecule has 6 heteroatoms. The molecule has 0 bridgehead atoms. The van der Waals surface area contributed by atoms with Crippen LogP contribution < -0.4 is 0 Å². The summed E-state index contributed by atoms with van der Waals surface area (Å²) in [5.74, 6) is -0.402. The summed E-state index contributed by atoms with van der Waals surface area (Å²) in [5.41, 5.74) is 1.10. The van der Waals surface area contributed by atoms with E-state index in [0.29, 0.717) is 17.7 Å². The summed E-state index contributed by atoms with van der Waals surface area (Å²) in [5, 5.41) is 0. The molecule has 0 radical (unpaired) electrons. The van der Waals surface area contributed by atoms with Crippen LogP contribution in [0.3, 0.4) is 0 Å². The summed E-state index contributed by atoms with van der Waals surface area (Å²) in [6.07, 6.45) is 0.410. The summed E-state index contributed by atoms with van der Waals surface area (Å²) >= 11 is 0. The number of hydrogen-bond donors (Lipinski definition) is 0. The van der Waals surface area contributed by atoms with Crippen molar-refractivity contribution in [2.24, 2.45) is 0 Å². The molecule has 0 fully saturated rings. The van der Waals surface area contributed by atoms with Crippen LogP contribution in [0, 0.1) is 0 Å². The quantitative estimate of drug-likeness (QED) is 0.605. The van der Waals surface area contributed by atoms with Gasteiger partial charge < -0.3 is 4.74 Å². The Morgan fingerprint density at radius 3 is 2.28 bits per heavy atom. The van der Waals surface area contributed by atoms with E-state index < -0.39 is 22.2 Å². The fourth-order valence-electron chi connectivity index (χ4n) is 1.42. The smallest absolute Gasteiger partial charge is 0.338 e. The van der Waals surface area contributed by atoms with Gasteiger partial charge >= 0.3 is 5.97 Å². The van der Waals surface area contributed by atoms with Crippen LogP contribution in [0.25, 0.3) is 0 Å². The van der Waals surface area contributed by atoms with Gasteiger partial charge in [0.25, 0.3) is 10.1 Å². The van der Waals surface area contributed by atoms with Crippen molar-refractivity contribution >= 4 is 16.1 Å². The first-order valence-electron chi connectivity index (χ1n) is 5.49. The zero-order valence-corrected chi connectivity index (χ0v) is 11.4. The van der Waals surface area contributed by atoms with Crippen molar-refractivity contribution in [3.63, 3.8) is 0 Å². The van der Waals surface area contributed by atoms with E-state index in [1.54, 1.807) is 38.1 Å². The van der Waals surface area contributed by atoms with Gasteiger partial charge in [0.05, 0.1) is 24.5 Å². The third-order valence-corrected chi connectivity index (χ3v) is 2.85. The number of esters is 1. The summed E-state index contributed by atoms with van der Waals surface area (Å²) < 4.78 is 31.6. The second-order valence-electron chi connectivity index (χ2n) is 3.79. The highest BCUT2D eigenvalue weighted by atomic mass is 32.2. The molecule has 0 aliphatic rings. The Morgan fingerprint density at radius 2 is 1.83 bits per heavy atom. The van der Waals surface area contributed by atoms with Gasteiger partial charge in [-0.2, -0.15) is 8.42 Å². The molecule has 0 amide bonds. The second kappa shape index (κ2) is 5.97. The van der Waals surface area contributed by atoms with Crippen LogP contribution >= 0.6 is 0 Å². The average molecular weight is 272 g/mol. The summed E-state index contributed by atoms with van der Waals surface area (Å²) in [4.78, 5) is 11.4. The van der Waals surface area contributed by atoms with Gasteiger partial charge in [-0.15, -0.1) is 0 Å². The SMILES string of the molecule is CCOC(=O)c1ccc(C(C)OS(C)(=O)=O)cc1. The first kappa shape index (κ1) is 14.7. The molecule has 1 unspecified atom stereocenters. The van der Waals surface area contributed by atoms with Crippen molar-refractivity contribution in [3.05, 3.63) is 35.4 Å². The molecule has 0 heterocycles. The molecule has 18 heavy (non-hydrogen) atoms. The molecule has 0 N–H and O–H groups in total. The summed E-state index contributed by atoms with van der Waals surface area (Å²) in [6.45, 7) is 3.67. The van der Waals surface area contributed by atoms with Crippen LogP contribution in [0.1, 0.15) is 35.9 Å². The molecule has 1 aromatic carbocycles. The van der Waals surface area contributed by atoms with Crippen LogP contribution in [0.5, 0.6) is 0 Å². The van der Waals surface area contributed by atoms with Gasteiger partial charge in [0.1, 0.15) is 0 Å². The molecule has 0 aliphatic heterocycles. The lowest BCUT2D eigenvalue weighted by atomic mass is 10.1. The fourth-order valence-corrected chi connectivity index (χ4v) is 2.06. The van der Waals surface area contributed by atoms with Crippen LogP contribution in [-0.4, -0.2) is 27.2 Å². The average Bonchev–Trinajstić information content (AvgIpc) is 2.27. The third kappa shape index (κ3) is 4.46. The van der Waals surface area contributed by atoms with Gasteiger partial charge in [-0.25, -0.2) is 4.79 Å². The Labute approximate surface area is 107 Å². The summed E-state index contributed by atoms with van der Waals surface area (Å²) in [6, 6.07) is 6.44. The first-order chi connectivity index (χ1) is 8.33. The van der Waals surface area contributed by atoms with Crippen molar-refractivity contribution < 1.29 is 22.1 Å². The number of ether oxygens (including phenoxy) is 1. The van der Waals surface area contributed by atoms with Gasteiger partial charge in [0.15, 0.2) is 0 Å². The van der Waals surface area contributed by atoms with Gasteiger partial charge in [-0.1, -0.05) is 12.1 Å². The first-order valence-corrected chi connectivity index (χ1v) is 7.30. The number of rotatable bonds is 5. The van der Waals surface area contributed by atoms with Crippen molar-refractivity contribution in [2.75, 3.05) is 12.9 Å². The highest BCUT2D eigenvalue weighted by Gasteiger charge is 2.13. The lowest BCUT2D eigenvalue weighted by Gasteiger charge is -2.11. The van der Waals surface area contributed by atoms with E-state index >= 15 is 0 Å². The minimum atomic E-state index is -3.50. The van der Waals surface area contributed by atoms with Crippen LogP contribution in [-0.2, 0) is 19.0 Å². The predicted molar refractivity (Wildman–Crippen MR) is 66.7 cm³/mol. The Bertz CT molecular complexity index is 504. The Kier molecular flexibility index (Phi) is 4.86. The van der Waals surface area contributed by atoms with Gasteiger partial charge in [0, 0.05) is 0 Å². The maximum atomic E-state index is 11.4. The molecule has 1 aromatic rings. The Morgan fingerprint density at radius 1 is 1.28 bits per heavy atom. The molecule has 0 aromatic heterocycles.